The van der Waals surface area contributed by atoms with Crippen LogP contribution < -0.4 is 9.64 Å². The molecule has 0 radical (unpaired) electrons. The zero-order chi connectivity index (χ0) is 27.7. The van der Waals surface area contributed by atoms with Crippen molar-refractivity contribution >= 4 is 40.7 Å². The minimum atomic E-state index is -0.790. The number of methoxy groups -OCH3 is 1. The Labute approximate surface area is 230 Å². The molecule has 0 saturated carbocycles. The number of carbonyl (C=O) groups is 4. The number of hydrogen-bond acceptors (Lipinski definition) is 6. The largest absolute Gasteiger partial charge is 0.507 e. The number of imide groups is 1. The van der Waals surface area contributed by atoms with E-state index in [1.54, 1.807) is 37.3 Å². The average Bonchev–Trinajstić information content (AvgIpc) is 3.17. The molecule has 2 aromatic rings. The fourth-order valence-electron chi connectivity index (χ4n) is 6.67. The maximum atomic E-state index is 14.0. The van der Waals surface area contributed by atoms with Crippen molar-refractivity contribution in [1.29, 1.82) is 0 Å². The number of phenolic OH excluding ortho intramolecular Hbond substituents is 1. The van der Waals surface area contributed by atoms with E-state index in [-0.39, 0.29) is 35.6 Å². The number of anilines is 1. The molecule has 1 N–H and O–H groups in total. The molecule has 6 rings (SSSR count). The maximum Gasteiger partial charge on any atom is 0.238 e. The van der Waals surface area contributed by atoms with Crippen LogP contribution in [-0.4, -0.2) is 35.6 Å². The van der Waals surface area contributed by atoms with Gasteiger partial charge in [-0.15, -0.1) is 0 Å². The van der Waals surface area contributed by atoms with Crippen molar-refractivity contribution in [3.05, 3.63) is 87.0 Å². The number of rotatable bonds is 3. The topological polar surface area (TPSA) is 101 Å². The maximum absolute atomic E-state index is 14.0. The van der Waals surface area contributed by atoms with E-state index in [2.05, 4.69) is 0 Å². The van der Waals surface area contributed by atoms with E-state index in [1.165, 1.54) is 24.2 Å². The molecule has 1 aliphatic heterocycles. The summed E-state index contributed by atoms with van der Waals surface area (Å²) in [7, 11) is 1.47. The van der Waals surface area contributed by atoms with Gasteiger partial charge in [0.1, 0.15) is 11.5 Å². The third kappa shape index (κ3) is 3.63. The van der Waals surface area contributed by atoms with Crippen molar-refractivity contribution in [1.82, 2.24) is 0 Å². The fraction of sp³-hybridized carbons (Fsp3) is 0.290. The van der Waals surface area contributed by atoms with Crippen molar-refractivity contribution < 1.29 is 29.0 Å². The summed E-state index contributed by atoms with van der Waals surface area (Å²) in [5, 5.41) is 11.5. The predicted octanol–water partition coefficient (Wildman–Crippen LogP) is 5.00. The summed E-state index contributed by atoms with van der Waals surface area (Å²) in [6.07, 6.45) is 3.69. The van der Waals surface area contributed by atoms with Crippen LogP contribution in [0.15, 0.2) is 70.8 Å². The molecule has 1 saturated heterocycles. The van der Waals surface area contributed by atoms with E-state index in [4.69, 9.17) is 16.3 Å². The lowest BCUT2D eigenvalue weighted by Crippen LogP contribution is -2.40. The molecule has 0 aromatic heterocycles. The second kappa shape index (κ2) is 9.06. The summed E-state index contributed by atoms with van der Waals surface area (Å²) in [5.74, 6) is -3.56. The van der Waals surface area contributed by atoms with Crippen LogP contribution >= 0.6 is 11.6 Å². The van der Waals surface area contributed by atoms with Gasteiger partial charge in [-0.1, -0.05) is 35.4 Å². The molecule has 198 valence electrons. The number of fused-ring (bicyclic) bond motifs is 3. The van der Waals surface area contributed by atoms with Gasteiger partial charge in [0.25, 0.3) is 0 Å². The number of allylic oxidation sites excluding steroid dienone is 6. The first-order valence-electron chi connectivity index (χ1n) is 12.8. The van der Waals surface area contributed by atoms with Crippen LogP contribution in [0.5, 0.6) is 11.5 Å². The number of phenols is 1. The van der Waals surface area contributed by atoms with Crippen LogP contribution in [0.25, 0.3) is 0 Å². The first-order chi connectivity index (χ1) is 18.6. The number of benzene rings is 2. The Morgan fingerprint density at radius 2 is 1.79 bits per heavy atom. The summed E-state index contributed by atoms with van der Waals surface area (Å²) in [6, 6.07) is 9.93. The lowest BCUT2D eigenvalue weighted by atomic mass is 9.59. The third-order valence-electron chi connectivity index (χ3n) is 8.53. The van der Waals surface area contributed by atoms with Crippen LogP contribution in [0, 0.1) is 24.7 Å². The van der Waals surface area contributed by atoms with Crippen molar-refractivity contribution in [3.8, 4) is 11.5 Å². The van der Waals surface area contributed by atoms with Gasteiger partial charge in [0, 0.05) is 33.2 Å². The Morgan fingerprint density at radius 1 is 1.03 bits per heavy atom. The van der Waals surface area contributed by atoms with Crippen LogP contribution in [0.2, 0.25) is 5.02 Å². The SMILES string of the molecule is COc1cccc(O)c1[C@H]1C2=CC[C@@H]3C(=O)N(c4ccc(C)c(Cl)c4)C(=O)[C@@H]3[C@@H]2CC2=C1C(=O)C(C)=CC2=O. The third-order valence-corrected chi connectivity index (χ3v) is 8.94. The Morgan fingerprint density at radius 3 is 2.51 bits per heavy atom. The minimum Gasteiger partial charge on any atom is -0.507 e. The number of Topliss-reactive ketones (excluding diaryl/α,β-unsaturated/α-hetero) is 1. The second-order valence-corrected chi connectivity index (χ2v) is 11.0. The average molecular weight is 544 g/mol. The Hall–Kier alpha value is -3.97. The van der Waals surface area contributed by atoms with Crippen LogP contribution in [0.3, 0.4) is 0 Å². The molecule has 0 bridgehead atoms. The highest BCUT2D eigenvalue weighted by Crippen LogP contribution is 2.57. The van der Waals surface area contributed by atoms with Crippen LogP contribution in [-0.2, 0) is 19.2 Å². The number of carbonyl (C=O) groups excluding carboxylic acids is 4. The van der Waals surface area contributed by atoms with Gasteiger partial charge in [-0.2, -0.15) is 0 Å². The van der Waals surface area contributed by atoms with Gasteiger partial charge >= 0.3 is 0 Å². The quantitative estimate of drug-likeness (QED) is 0.332. The van der Waals surface area contributed by atoms with E-state index < -0.39 is 23.7 Å². The molecule has 3 aliphatic carbocycles. The first kappa shape index (κ1) is 25.3. The molecular formula is C31H26ClNO6. The Kier molecular flexibility index (Phi) is 5.88. The molecule has 1 heterocycles. The second-order valence-electron chi connectivity index (χ2n) is 10.6. The number of nitrogens with zero attached hydrogens (tertiary/aromatic N) is 1. The number of ketones is 2. The number of halogens is 1. The van der Waals surface area contributed by atoms with Crippen LogP contribution in [0.4, 0.5) is 5.69 Å². The molecule has 39 heavy (non-hydrogen) atoms. The van der Waals surface area contributed by atoms with E-state index in [9.17, 15) is 24.3 Å². The standard InChI is InChI=1S/C31H26ClNO6/c1-14-7-8-16(12-21(14)32)33-30(37)18-10-9-17-19(25(18)31(33)38)13-20-23(35)11-15(2)29(36)27(20)26(17)28-22(34)5-4-6-24(28)39-3/h4-9,11-12,18-19,25-26,34H,10,13H2,1-3H3/t18-,19+,25-,26-/m0/s1. The van der Waals surface area contributed by atoms with E-state index in [1.807, 2.05) is 13.0 Å². The molecule has 2 aromatic carbocycles. The molecule has 7 nitrogen and oxygen atoms in total. The smallest absolute Gasteiger partial charge is 0.238 e. The Balaban J connectivity index is 1.52. The Bertz CT molecular complexity index is 1600. The number of amides is 2. The van der Waals surface area contributed by atoms with E-state index >= 15 is 0 Å². The summed E-state index contributed by atoms with van der Waals surface area (Å²) >= 11 is 6.32. The van der Waals surface area contributed by atoms with Gasteiger partial charge in [-0.25, -0.2) is 4.90 Å². The molecule has 0 unspecified atom stereocenters. The van der Waals surface area contributed by atoms with Gasteiger partial charge in [-0.3, -0.25) is 19.2 Å². The van der Waals surface area contributed by atoms with Gasteiger partial charge in [0.15, 0.2) is 11.6 Å². The molecule has 0 spiro atoms. The van der Waals surface area contributed by atoms with Crippen molar-refractivity contribution in [2.75, 3.05) is 12.0 Å². The van der Waals surface area contributed by atoms with Gasteiger partial charge in [0.05, 0.1) is 24.6 Å². The molecule has 4 atom stereocenters. The number of aryl methyl sites for hydroxylation is 1. The van der Waals surface area contributed by atoms with Crippen molar-refractivity contribution in [2.45, 2.75) is 32.6 Å². The van der Waals surface area contributed by atoms with Crippen molar-refractivity contribution in [2.24, 2.45) is 17.8 Å². The van der Waals surface area contributed by atoms with Gasteiger partial charge < -0.3 is 9.84 Å². The van der Waals surface area contributed by atoms with Gasteiger partial charge in [-0.05, 0) is 68.5 Å². The molecule has 1 fully saturated rings. The summed E-state index contributed by atoms with van der Waals surface area (Å²) in [5.41, 5.74) is 3.30. The summed E-state index contributed by atoms with van der Waals surface area (Å²) in [4.78, 5) is 55.6. The zero-order valence-electron chi connectivity index (χ0n) is 21.7. The van der Waals surface area contributed by atoms with E-state index in [0.717, 1.165) is 11.1 Å². The highest BCUT2D eigenvalue weighted by atomic mass is 35.5. The molecular weight excluding hydrogens is 518 g/mol. The number of aromatic hydroxyl groups is 1. The molecule has 4 aliphatic rings. The lowest BCUT2D eigenvalue weighted by molar-refractivity contribution is -0.123. The zero-order valence-corrected chi connectivity index (χ0v) is 22.4. The van der Waals surface area contributed by atoms with Crippen LogP contribution in [0.1, 0.15) is 36.8 Å². The fourth-order valence-corrected chi connectivity index (χ4v) is 6.84. The highest BCUT2D eigenvalue weighted by Gasteiger charge is 2.57. The number of hydrogen-bond donors (Lipinski definition) is 1. The number of ether oxygens (including phenoxy) is 1. The summed E-state index contributed by atoms with van der Waals surface area (Å²) in [6.45, 7) is 3.44. The lowest BCUT2D eigenvalue weighted by Gasteiger charge is -2.42. The predicted molar refractivity (Wildman–Crippen MR) is 145 cm³/mol. The molecule has 8 heteroatoms. The summed E-state index contributed by atoms with van der Waals surface area (Å²) < 4.78 is 5.59. The van der Waals surface area contributed by atoms with E-state index in [0.29, 0.717) is 45.2 Å². The molecule has 2 amide bonds. The highest BCUT2D eigenvalue weighted by molar-refractivity contribution is 6.32. The normalized spacial score (nSPS) is 26.2. The monoisotopic (exact) mass is 543 g/mol. The van der Waals surface area contributed by atoms with Crippen molar-refractivity contribution in [3.63, 3.8) is 0 Å². The first-order valence-corrected chi connectivity index (χ1v) is 13.2. The minimum absolute atomic E-state index is 0.0768. The van der Waals surface area contributed by atoms with Gasteiger partial charge in [0.2, 0.25) is 11.8 Å².